The quantitative estimate of drug-likeness (QED) is 0.311. The van der Waals surface area contributed by atoms with Crippen LogP contribution in [0.25, 0.3) is 16.8 Å². The van der Waals surface area contributed by atoms with Crippen LogP contribution in [0.5, 0.6) is 5.75 Å². The molecule has 3 aromatic rings. The predicted molar refractivity (Wildman–Crippen MR) is 135 cm³/mol. The van der Waals surface area contributed by atoms with Gasteiger partial charge in [-0.25, -0.2) is 19.7 Å². The number of benzene rings is 2. The Morgan fingerprint density at radius 2 is 2.03 bits per heavy atom. The Balaban J connectivity index is 1.47. The second-order valence-electron chi connectivity index (χ2n) is 9.50. The van der Waals surface area contributed by atoms with Gasteiger partial charge in [0.25, 0.3) is 0 Å². The third-order valence-corrected chi connectivity index (χ3v) is 6.79. The predicted octanol–water partition coefficient (Wildman–Crippen LogP) is 3.64. The number of halogens is 1. The van der Waals surface area contributed by atoms with Crippen LogP contribution in [0.1, 0.15) is 41.2 Å². The molecule has 2 aliphatic rings. The zero-order valence-corrected chi connectivity index (χ0v) is 20.5. The first-order valence-corrected chi connectivity index (χ1v) is 12.2. The summed E-state index contributed by atoms with van der Waals surface area (Å²) in [6.45, 7) is 1.20. The third-order valence-electron chi connectivity index (χ3n) is 6.79. The highest BCUT2D eigenvalue weighted by Crippen LogP contribution is 2.52. The van der Waals surface area contributed by atoms with Gasteiger partial charge in [-0.3, -0.25) is 0 Å². The molecule has 5 rings (SSSR count). The number of hydrogen-bond acceptors (Lipinski definition) is 7. The Labute approximate surface area is 214 Å². The van der Waals surface area contributed by atoms with E-state index in [1.807, 2.05) is 6.07 Å². The van der Waals surface area contributed by atoms with E-state index >= 15 is 4.39 Å². The van der Waals surface area contributed by atoms with E-state index in [0.717, 1.165) is 12.8 Å². The van der Waals surface area contributed by atoms with Crippen molar-refractivity contribution in [3.05, 3.63) is 77.6 Å². The minimum atomic E-state index is -1.06. The molecule has 2 aromatic carbocycles. The van der Waals surface area contributed by atoms with Crippen molar-refractivity contribution in [1.82, 2.24) is 14.8 Å². The summed E-state index contributed by atoms with van der Waals surface area (Å²) in [6, 6.07) is 12.3. The lowest BCUT2D eigenvalue weighted by Gasteiger charge is -2.24. The fourth-order valence-electron chi connectivity index (χ4n) is 4.89. The van der Waals surface area contributed by atoms with Crippen molar-refractivity contribution in [2.75, 3.05) is 20.3 Å². The lowest BCUT2D eigenvalue weighted by atomic mass is 10.0. The van der Waals surface area contributed by atoms with Gasteiger partial charge in [-0.2, -0.15) is 5.10 Å². The number of carboxylic acid groups (broad SMARTS) is 1. The van der Waals surface area contributed by atoms with Gasteiger partial charge in [0.2, 0.25) is 0 Å². The Morgan fingerprint density at radius 3 is 2.76 bits per heavy atom. The molecule has 0 radical (unpaired) electrons. The van der Waals surface area contributed by atoms with Crippen LogP contribution in [-0.2, 0) is 4.74 Å². The molecule has 1 saturated heterocycles. The van der Waals surface area contributed by atoms with E-state index in [9.17, 15) is 9.90 Å². The van der Waals surface area contributed by atoms with E-state index in [0.29, 0.717) is 47.8 Å². The van der Waals surface area contributed by atoms with Gasteiger partial charge < -0.3 is 25.3 Å². The van der Waals surface area contributed by atoms with Crippen molar-refractivity contribution in [1.29, 1.82) is 0 Å². The molecular formula is C27H30FN5O4. The summed E-state index contributed by atoms with van der Waals surface area (Å²) >= 11 is 0. The molecule has 2 fully saturated rings. The highest BCUT2D eigenvalue weighted by molar-refractivity contribution is 5.89. The standard InChI is InChI=1S/C27H30FN5O4/c1-32(30)15-23(29)20-13-21(20)26-22(27(34)35)14-31-33(26)17-5-2-4-16(12-17)19-6-3-7-24(25(19)28)37-18-8-10-36-11-9-18/h2-7,12,14-15,18,20-21H,8-11,13,29-30H2,1H3,(H,34,35)/b23-15-. The maximum absolute atomic E-state index is 15.5. The first-order chi connectivity index (χ1) is 17.8. The Morgan fingerprint density at radius 1 is 1.27 bits per heavy atom. The molecule has 1 aliphatic carbocycles. The summed E-state index contributed by atoms with van der Waals surface area (Å²) in [4.78, 5) is 12.0. The van der Waals surface area contributed by atoms with E-state index in [-0.39, 0.29) is 29.3 Å². The number of ether oxygens (including phenoxy) is 2. The van der Waals surface area contributed by atoms with Crippen LogP contribution in [0, 0.1) is 11.7 Å². The number of carboxylic acids is 1. The van der Waals surface area contributed by atoms with Crippen molar-refractivity contribution in [3.63, 3.8) is 0 Å². The van der Waals surface area contributed by atoms with E-state index in [2.05, 4.69) is 5.10 Å². The maximum atomic E-state index is 15.5. The molecule has 0 bridgehead atoms. The number of hydrazine groups is 1. The van der Waals surface area contributed by atoms with E-state index in [1.54, 1.807) is 54.3 Å². The number of nitrogens with zero attached hydrogens (tertiary/aromatic N) is 3. The van der Waals surface area contributed by atoms with Crippen molar-refractivity contribution in [2.45, 2.75) is 31.3 Å². The highest BCUT2D eigenvalue weighted by atomic mass is 19.1. The van der Waals surface area contributed by atoms with Crippen molar-refractivity contribution in [3.8, 4) is 22.6 Å². The summed E-state index contributed by atoms with van der Waals surface area (Å²) in [6.07, 6.45) is 5.01. The molecule has 1 aliphatic heterocycles. The molecular weight excluding hydrogens is 477 g/mol. The monoisotopic (exact) mass is 507 g/mol. The molecule has 2 unspecified atom stereocenters. The molecule has 0 spiro atoms. The highest BCUT2D eigenvalue weighted by Gasteiger charge is 2.45. The molecule has 9 nitrogen and oxygen atoms in total. The molecule has 0 amide bonds. The lowest BCUT2D eigenvalue weighted by molar-refractivity contribution is 0.0240. The second-order valence-corrected chi connectivity index (χ2v) is 9.50. The van der Waals surface area contributed by atoms with Crippen LogP contribution >= 0.6 is 0 Å². The van der Waals surface area contributed by atoms with Gasteiger partial charge in [0.15, 0.2) is 11.6 Å². The van der Waals surface area contributed by atoms with Crippen LogP contribution < -0.4 is 16.3 Å². The van der Waals surface area contributed by atoms with Gasteiger partial charge in [0, 0.05) is 49.2 Å². The van der Waals surface area contributed by atoms with Gasteiger partial charge >= 0.3 is 5.97 Å². The molecule has 10 heteroatoms. The Kier molecular flexibility index (Phi) is 6.86. The van der Waals surface area contributed by atoms with Gasteiger partial charge in [0.1, 0.15) is 11.7 Å². The fraction of sp³-hybridized carbons (Fsp3) is 0.333. The first kappa shape index (κ1) is 24.8. The summed E-state index contributed by atoms with van der Waals surface area (Å²) in [5, 5.41) is 15.6. The van der Waals surface area contributed by atoms with Crippen LogP contribution in [0.3, 0.4) is 0 Å². The number of rotatable bonds is 8. The van der Waals surface area contributed by atoms with E-state index in [1.165, 1.54) is 11.2 Å². The third kappa shape index (κ3) is 5.16. The smallest absolute Gasteiger partial charge is 0.339 e. The largest absolute Gasteiger partial charge is 0.487 e. The molecule has 5 N–H and O–H groups in total. The zero-order chi connectivity index (χ0) is 26.1. The average molecular weight is 508 g/mol. The molecule has 1 aromatic heterocycles. The van der Waals surface area contributed by atoms with Crippen molar-refractivity contribution >= 4 is 5.97 Å². The summed E-state index contributed by atoms with van der Waals surface area (Å²) in [5.41, 5.74) is 9.09. The van der Waals surface area contributed by atoms with E-state index in [4.69, 9.17) is 21.1 Å². The van der Waals surface area contributed by atoms with E-state index < -0.39 is 11.8 Å². The SMILES string of the molecule is CN(N)/C=C(\N)C1CC1c1c(C(=O)O)cnn1-c1cccc(-c2cccc(OC3CCOCC3)c2F)c1. The number of nitrogens with two attached hydrogens (primary N) is 2. The van der Waals surface area contributed by atoms with Gasteiger partial charge in [-0.05, 0) is 30.2 Å². The summed E-state index contributed by atoms with van der Waals surface area (Å²) < 4.78 is 28.4. The van der Waals surface area contributed by atoms with Crippen LogP contribution in [0.15, 0.2) is 60.6 Å². The topological polar surface area (TPSA) is 129 Å². The molecule has 37 heavy (non-hydrogen) atoms. The average Bonchev–Trinajstić information content (AvgIpc) is 3.55. The van der Waals surface area contributed by atoms with Gasteiger partial charge in [0.05, 0.1) is 30.8 Å². The van der Waals surface area contributed by atoms with Gasteiger partial charge in [-0.1, -0.05) is 24.3 Å². The number of aromatic carboxylic acids is 1. The normalized spacial score (nSPS) is 20.0. The first-order valence-electron chi connectivity index (χ1n) is 12.2. The number of allylic oxidation sites excluding steroid dienone is 1. The zero-order valence-electron chi connectivity index (χ0n) is 20.5. The van der Waals surface area contributed by atoms with Crippen LogP contribution in [-0.4, -0.2) is 52.2 Å². The Bertz CT molecular complexity index is 1330. The maximum Gasteiger partial charge on any atom is 0.339 e. The second kappa shape index (κ2) is 10.2. The fourth-order valence-corrected chi connectivity index (χ4v) is 4.89. The minimum absolute atomic E-state index is 0.0424. The molecule has 2 heterocycles. The summed E-state index contributed by atoms with van der Waals surface area (Å²) in [5.74, 6) is 4.22. The van der Waals surface area contributed by atoms with Crippen LogP contribution in [0.4, 0.5) is 4.39 Å². The number of hydrogen-bond donors (Lipinski definition) is 3. The number of aromatic nitrogens is 2. The minimum Gasteiger partial charge on any atom is -0.487 e. The summed E-state index contributed by atoms with van der Waals surface area (Å²) in [7, 11) is 1.67. The van der Waals surface area contributed by atoms with Crippen LogP contribution in [0.2, 0.25) is 0 Å². The van der Waals surface area contributed by atoms with Gasteiger partial charge in [-0.15, -0.1) is 0 Å². The lowest BCUT2D eigenvalue weighted by Crippen LogP contribution is -2.26. The molecule has 2 atom stereocenters. The Hall–Kier alpha value is -3.89. The molecule has 1 saturated carbocycles. The molecule has 194 valence electrons. The van der Waals surface area contributed by atoms with Crippen molar-refractivity contribution < 1.29 is 23.8 Å². The van der Waals surface area contributed by atoms with Crippen molar-refractivity contribution in [2.24, 2.45) is 17.5 Å². The number of carbonyl (C=O) groups is 1.